The van der Waals surface area contributed by atoms with Crippen molar-refractivity contribution in [2.75, 3.05) is 11.9 Å². The number of nitrogens with one attached hydrogen (secondary N) is 1. The molecule has 28 heavy (non-hydrogen) atoms. The van der Waals surface area contributed by atoms with E-state index in [0.717, 1.165) is 21.8 Å². The zero-order chi connectivity index (χ0) is 19.9. The van der Waals surface area contributed by atoms with Gasteiger partial charge in [0.2, 0.25) is 5.91 Å². The highest BCUT2D eigenvalue weighted by Gasteiger charge is 2.22. The minimum Gasteiger partial charge on any atom is -0.494 e. The van der Waals surface area contributed by atoms with E-state index in [1.807, 2.05) is 67.6 Å². The van der Waals surface area contributed by atoms with Gasteiger partial charge in [-0.15, -0.1) is 11.3 Å². The fourth-order valence-corrected chi connectivity index (χ4v) is 4.05. The first-order chi connectivity index (χ1) is 13.6. The number of nitrogens with two attached hydrogens (primary N) is 1. The quantitative estimate of drug-likeness (QED) is 0.547. The number of hydrogen-bond acceptors (Lipinski definition) is 4. The van der Waals surface area contributed by atoms with Crippen molar-refractivity contribution in [1.29, 1.82) is 0 Å². The third kappa shape index (κ3) is 4.78. The van der Waals surface area contributed by atoms with Crippen molar-refractivity contribution in [2.45, 2.75) is 19.8 Å². The van der Waals surface area contributed by atoms with Crippen molar-refractivity contribution in [1.82, 2.24) is 0 Å². The zero-order valence-electron chi connectivity index (χ0n) is 15.6. The van der Waals surface area contributed by atoms with Gasteiger partial charge in [-0.2, -0.15) is 0 Å². The minimum absolute atomic E-state index is 0.167. The zero-order valence-corrected chi connectivity index (χ0v) is 16.4. The predicted octanol–water partition coefficient (Wildman–Crippen LogP) is 4.62. The van der Waals surface area contributed by atoms with Crippen LogP contribution in [0, 0.1) is 6.92 Å². The lowest BCUT2D eigenvalue weighted by molar-refractivity contribution is -0.116. The van der Waals surface area contributed by atoms with Crippen LogP contribution in [0.2, 0.25) is 0 Å². The fraction of sp³-hybridized carbons (Fsp3) is 0.182. The third-order valence-corrected chi connectivity index (χ3v) is 5.23. The Morgan fingerprint density at radius 1 is 1.04 bits per heavy atom. The Balaban J connectivity index is 1.65. The SMILES string of the molecule is Cc1sc(NC(=O)CCCOc2ccccc2)c(C(N)=O)c1-c1ccccc1. The normalized spacial score (nSPS) is 10.5. The van der Waals surface area contributed by atoms with Crippen LogP contribution in [0.15, 0.2) is 60.7 Å². The first kappa shape index (κ1) is 19.6. The van der Waals surface area contributed by atoms with Crippen molar-refractivity contribution < 1.29 is 14.3 Å². The highest BCUT2D eigenvalue weighted by atomic mass is 32.1. The van der Waals surface area contributed by atoms with Crippen LogP contribution in [0.5, 0.6) is 5.75 Å². The molecule has 0 radical (unpaired) electrons. The Labute approximate surface area is 168 Å². The largest absolute Gasteiger partial charge is 0.494 e. The van der Waals surface area contributed by atoms with Gasteiger partial charge in [0.1, 0.15) is 10.8 Å². The van der Waals surface area contributed by atoms with E-state index in [1.54, 1.807) is 0 Å². The Morgan fingerprint density at radius 2 is 1.68 bits per heavy atom. The summed E-state index contributed by atoms with van der Waals surface area (Å²) < 4.78 is 5.60. The van der Waals surface area contributed by atoms with Crippen LogP contribution in [-0.2, 0) is 4.79 Å². The van der Waals surface area contributed by atoms with Crippen LogP contribution in [0.1, 0.15) is 28.1 Å². The number of thiophene rings is 1. The predicted molar refractivity (Wildman–Crippen MR) is 113 cm³/mol. The number of hydrogen-bond donors (Lipinski definition) is 2. The molecule has 0 fully saturated rings. The molecule has 3 N–H and O–H groups in total. The maximum absolute atomic E-state index is 12.3. The molecule has 2 aromatic carbocycles. The molecule has 0 atom stereocenters. The number of primary amides is 1. The molecule has 0 aliphatic heterocycles. The van der Waals surface area contributed by atoms with Gasteiger partial charge in [0.15, 0.2) is 0 Å². The molecule has 1 aromatic heterocycles. The smallest absolute Gasteiger partial charge is 0.252 e. The average Bonchev–Trinajstić information content (AvgIpc) is 3.02. The second-order valence-electron chi connectivity index (χ2n) is 6.28. The number of para-hydroxylation sites is 1. The standard InChI is InChI=1S/C22H22N2O3S/c1-15-19(16-9-4-2-5-10-16)20(21(23)26)22(28-15)24-18(25)13-8-14-27-17-11-6-3-7-12-17/h2-7,9-12H,8,13-14H2,1H3,(H2,23,26)(H,24,25). The molecule has 0 bridgehead atoms. The molecule has 2 amide bonds. The first-order valence-corrected chi connectivity index (χ1v) is 9.84. The van der Waals surface area contributed by atoms with Crippen LogP contribution < -0.4 is 15.8 Å². The van der Waals surface area contributed by atoms with Gasteiger partial charge in [-0.05, 0) is 31.0 Å². The van der Waals surface area contributed by atoms with Crippen LogP contribution in [-0.4, -0.2) is 18.4 Å². The number of aryl methyl sites for hydroxylation is 1. The lowest BCUT2D eigenvalue weighted by atomic mass is 10.0. The monoisotopic (exact) mass is 394 g/mol. The van der Waals surface area contributed by atoms with Crippen LogP contribution >= 0.6 is 11.3 Å². The number of rotatable bonds is 8. The number of anilines is 1. The molecule has 0 aliphatic carbocycles. The maximum Gasteiger partial charge on any atom is 0.252 e. The molecule has 0 unspecified atom stereocenters. The van der Waals surface area contributed by atoms with E-state index >= 15 is 0 Å². The van der Waals surface area contributed by atoms with E-state index in [9.17, 15) is 9.59 Å². The van der Waals surface area contributed by atoms with E-state index in [0.29, 0.717) is 30.0 Å². The van der Waals surface area contributed by atoms with Crippen molar-refractivity contribution in [2.24, 2.45) is 5.73 Å². The van der Waals surface area contributed by atoms with Gasteiger partial charge in [-0.25, -0.2) is 0 Å². The van der Waals surface area contributed by atoms with Gasteiger partial charge in [-0.3, -0.25) is 9.59 Å². The van der Waals surface area contributed by atoms with Crippen LogP contribution in [0.25, 0.3) is 11.1 Å². The topological polar surface area (TPSA) is 81.4 Å². The maximum atomic E-state index is 12.3. The molecule has 3 aromatic rings. The molecule has 0 saturated carbocycles. The molecule has 0 spiro atoms. The average molecular weight is 394 g/mol. The third-order valence-electron chi connectivity index (χ3n) is 4.21. The summed E-state index contributed by atoms with van der Waals surface area (Å²) >= 11 is 1.36. The Morgan fingerprint density at radius 3 is 2.32 bits per heavy atom. The van der Waals surface area contributed by atoms with Gasteiger partial charge in [-0.1, -0.05) is 48.5 Å². The van der Waals surface area contributed by atoms with Gasteiger partial charge in [0.25, 0.3) is 5.91 Å². The highest BCUT2D eigenvalue weighted by Crippen LogP contribution is 2.39. The lowest BCUT2D eigenvalue weighted by Gasteiger charge is -2.08. The lowest BCUT2D eigenvalue weighted by Crippen LogP contribution is -2.17. The summed E-state index contributed by atoms with van der Waals surface area (Å²) in [5.74, 6) is 0.0613. The summed E-state index contributed by atoms with van der Waals surface area (Å²) in [5, 5.41) is 3.34. The van der Waals surface area contributed by atoms with Crippen LogP contribution in [0.3, 0.4) is 0 Å². The Kier molecular flexibility index (Phi) is 6.45. The summed E-state index contributed by atoms with van der Waals surface area (Å²) in [6.45, 7) is 2.36. The van der Waals surface area contributed by atoms with Crippen molar-refractivity contribution in [3.63, 3.8) is 0 Å². The fourth-order valence-electron chi connectivity index (χ4n) is 2.95. The molecule has 3 rings (SSSR count). The highest BCUT2D eigenvalue weighted by molar-refractivity contribution is 7.17. The molecule has 6 heteroatoms. The summed E-state index contributed by atoms with van der Waals surface area (Å²) in [7, 11) is 0. The number of amides is 2. The van der Waals surface area contributed by atoms with Gasteiger partial charge >= 0.3 is 0 Å². The van der Waals surface area contributed by atoms with Crippen molar-refractivity contribution in [3.8, 4) is 16.9 Å². The molecule has 1 heterocycles. The molecular formula is C22H22N2O3S. The molecule has 5 nitrogen and oxygen atoms in total. The molecule has 144 valence electrons. The Bertz CT molecular complexity index is 953. The number of carbonyl (C=O) groups is 2. The summed E-state index contributed by atoms with van der Waals surface area (Å²) in [5.41, 5.74) is 7.67. The van der Waals surface area contributed by atoms with E-state index in [2.05, 4.69) is 5.32 Å². The molecule has 0 aliphatic rings. The number of ether oxygens (including phenoxy) is 1. The van der Waals surface area contributed by atoms with E-state index in [-0.39, 0.29) is 5.91 Å². The van der Waals surface area contributed by atoms with E-state index < -0.39 is 5.91 Å². The van der Waals surface area contributed by atoms with E-state index in [1.165, 1.54) is 11.3 Å². The van der Waals surface area contributed by atoms with Gasteiger partial charge in [0.05, 0.1) is 12.2 Å². The summed E-state index contributed by atoms with van der Waals surface area (Å²) in [6, 6.07) is 19.0. The summed E-state index contributed by atoms with van der Waals surface area (Å²) in [6.07, 6.45) is 0.866. The second kappa shape index (κ2) is 9.19. The second-order valence-corrected chi connectivity index (χ2v) is 7.51. The van der Waals surface area contributed by atoms with Crippen molar-refractivity contribution >= 4 is 28.2 Å². The number of benzene rings is 2. The van der Waals surface area contributed by atoms with Crippen molar-refractivity contribution in [3.05, 3.63) is 71.1 Å². The van der Waals surface area contributed by atoms with Gasteiger partial charge in [0, 0.05) is 16.9 Å². The van der Waals surface area contributed by atoms with E-state index in [4.69, 9.17) is 10.5 Å². The summed E-state index contributed by atoms with van der Waals surface area (Å²) in [4.78, 5) is 25.4. The Hall–Kier alpha value is -3.12. The van der Waals surface area contributed by atoms with Gasteiger partial charge < -0.3 is 15.8 Å². The first-order valence-electron chi connectivity index (χ1n) is 9.02. The molecule has 0 saturated heterocycles. The number of carbonyl (C=O) groups excluding carboxylic acids is 2. The van der Waals surface area contributed by atoms with Crippen LogP contribution in [0.4, 0.5) is 5.00 Å². The molecular weight excluding hydrogens is 372 g/mol. The minimum atomic E-state index is -0.550.